The van der Waals surface area contributed by atoms with E-state index >= 15 is 0 Å². The first-order chi connectivity index (χ1) is 12.0. The van der Waals surface area contributed by atoms with Gasteiger partial charge in [-0.1, -0.05) is 13.8 Å². The van der Waals surface area contributed by atoms with Crippen LogP contribution in [0.2, 0.25) is 0 Å². The average Bonchev–Trinajstić information content (AvgIpc) is 3.27. The third-order valence-corrected chi connectivity index (χ3v) is 3.89. The molecule has 7 heteroatoms. The summed E-state index contributed by atoms with van der Waals surface area (Å²) in [6, 6.07) is 7.79. The van der Waals surface area contributed by atoms with Crippen LogP contribution < -0.4 is 20.1 Å². The molecule has 2 N–H and O–H groups in total. The second-order valence-electron chi connectivity index (χ2n) is 6.06. The third-order valence-electron chi connectivity index (χ3n) is 3.89. The summed E-state index contributed by atoms with van der Waals surface area (Å²) in [5, 5.41) is 5.55. The number of carbonyl (C=O) groups is 2. The Morgan fingerprint density at radius 3 is 2.68 bits per heavy atom. The van der Waals surface area contributed by atoms with Crippen molar-refractivity contribution in [3.63, 3.8) is 0 Å². The largest absolute Gasteiger partial charge is 0.467 e. The molecule has 25 heavy (non-hydrogen) atoms. The minimum atomic E-state index is -0.659. The number of nitrogens with one attached hydrogen (secondary N) is 2. The number of benzene rings is 1. The summed E-state index contributed by atoms with van der Waals surface area (Å²) >= 11 is 0. The van der Waals surface area contributed by atoms with Gasteiger partial charge in [0.1, 0.15) is 11.8 Å². The van der Waals surface area contributed by atoms with Crippen molar-refractivity contribution in [2.24, 2.45) is 5.92 Å². The topological polar surface area (TPSA) is 89.8 Å². The lowest BCUT2D eigenvalue weighted by molar-refractivity contribution is -0.124. The molecule has 2 amide bonds. The number of hydrogen-bond acceptors (Lipinski definition) is 5. The highest BCUT2D eigenvalue weighted by Gasteiger charge is 2.25. The van der Waals surface area contributed by atoms with Crippen LogP contribution in [-0.4, -0.2) is 24.6 Å². The fraction of sp³-hybridized carbons (Fsp3) is 0.333. The number of amides is 2. The smallest absolute Gasteiger partial charge is 0.252 e. The molecule has 7 nitrogen and oxygen atoms in total. The van der Waals surface area contributed by atoms with Crippen LogP contribution in [0.4, 0.5) is 0 Å². The molecular formula is C18H20N2O5. The van der Waals surface area contributed by atoms with E-state index < -0.39 is 6.04 Å². The van der Waals surface area contributed by atoms with Crippen molar-refractivity contribution in [3.05, 3.63) is 47.9 Å². The van der Waals surface area contributed by atoms with Crippen molar-refractivity contribution in [1.82, 2.24) is 10.6 Å². The minimum absolute atomic E-state index is 0.0745. The summed E-state index contributed by atoms with van der Waals surface area (Å²) in [6.07, 6.45) is 1.54. The lowest BCUT2D eigenvalue weighted by atomic mass is 10.0. The second-order valence-corrected chi connectivity index (χ2v) is 6.06. The zero-order valence-electron chi connectivity index (χ0n) is 14.1. The van der Waals surface area contributed by atoms with E-state index in [1.807, 2.05) is 13.8 Å². The van der Waals surface area contributed by atoms with E-state index in [9.17, 15) is 9.59 Å². The predicted octanol–water partition coefficient (Wildman–Crippen LogP) is 2.08. The second kappa shape index (κ2) is 7.29. The number of ether oxygens (including phenoxy) is 2. The van der Waals surface area contributed by atoms with Gasteiger partial charge in [0.25, 0.3) is 5.91 Å². The molecule has 0 saturated carbocycles. The molecule has 1 aromatic carbocycles. The number of furan rings is 1. The zero-order chi connectivity index (χ0) is 17.8. The summed E-state index contributed by atoms with van der Waals surface area (Å²) in [4.78, 5) is 24.9. The number of carbonyl (C=O) groups excluding carboxylic acids is 2. The van der Waals surface area contributed by atoms with Gasteiger partial charge in [0.05, 0.1) is 12.8 Å². The van der Waals surface area contributed by atoms with Crippen LogP contribution >= 0.6 is 0 Å². The standard InChI is InChI=1S/C18H20N2O5/c1-11(2)16(18(22)19-9-13-4-3-7-23-13)20-17(21)12-5-6-14-15(8-12)25-10-24-14/h3-8,11,16H,9-10H2,1-2H3,(H,19,22)(H,20,21)/t16-/m1/s1. The van der Waals surface area contributed by atoms with Gasteiger partial charge in [-0.15, -0.1) is 0 Å². The van der Waals surface area contributed by atoms with Gasteiger partial charge in [-0.25, -0.2) is 0 Å². The molecule has 2 heterocycles. The highest BCUT2D eigenvalue weighted by Crippen LogP contribution is 2.32. The number of fused-ring (bicyclic) bond motifs is 1. The highest BCUT2D eigenvalue weighted by molar-refractivity contribution is 5.98. The quantitative estimate of drug-likeness (QED) is 0.837. The Hall–Kier alpha value is -2.96. The third kappa shape index (κ3) is 3.93. The Labute approximate surface area is 145 Å². The fourth-order valence-electron chi connectivity index (χ4n) is 2.49. The van der Waals surface area contributed by atoms with Crippen LogP contribution in [0.25, 0.3) is 0 Å². The monoisotopic (exact) mass is 344 g/mol. The zero-order valence-corrected chi connectivity index (χ0v) is 14.1. The molecule has 0 unspecified atom stereocenters. The van der Waals surface area contributed by atoms with Crippen LogP contribution in [0.5, 0.6) is 11.5 Å². The van der Waals surface area contributed by atoms with E-state index in [2.05, 4.69) is 10.6 Å². The Bertz CT molecular complexity index is 755. The summed E-state index contributed by atoms with van der Waals surface area (Å²) < 4.78 is 15.7. The van der Waals surface area contributed by atoms with E-state index in [0.29, 0.717) is 22.8 Å². The van der Waals surface area contributed by atoms with Crippen molar-refractivity contribution in [2.45, 2.75) is 26.4 Å². The maximum absolute atomic E-state index is 12.5. The van der Waals surface area contributed by atoms with Gasteiger partial charge in [-0.3, -0.25) is 9.59 Å². The van der Waals surface area contributed by atoms with Gasteiger partial charge in [-0.2, -0.15) is 0 Å². The molecule has 1 atom stereocenters. The first-order valence-corrected chi connectivity index (χ1v) is 8.05. The van der Waals surface area contributed by atoms with E-state index in [1.54, 1.807) is 36.6 Å². The summed E-state index contributed by atoms with van der Waals surface area (Å²) in [6.45, 7) is 4.16. The van der Waals surface area contributed by atoms with E-state index in [-0.39, 0.29) is 31.1 Å². The maximum Gasteiger partial charge on any atom is 0.252 e. The van der Waals surface area contributed by atoms with E-state index in [1.165, 1.54) is 0 Å². The van der Waals surface area contributed by atoms with Crippen molar-refractivity contribution in [1.29, 1.82) is 0 Å². The Balaban J connectivity index is 1.64. The van der Waals surface area contributed by atoms with Gasteiger partial charge < -0.3 is 24.5 Å². The SMILES string of the molecule is CC(C)[C@@H](NC(=O)c1ccc2c(c1)OCO2)C(=O)NCc1ccco1. The van der Waals surface area contributed by atoms with Crippen molar-refractivity contribution in [3.8, 4) is 11.5 Å². The van der Waals surface area contributed by atoms with Crippen LogP contribution in [-0.2, 0) is 11.3 Å². The highest BCUT2D eigenvalue weighted by atomic mass is 16.7. The number of rotatable bonds is 6. The lowest BCUT2D eigenvalue weighted by Gasteiger charge is -2.21. The molecule has 0 spiro atoms. The summed E-state index contributed by atoms with van der Waals surface area (Å²) in [7, 11) is 0. The molecule has 2 aromatic rings. The normalized spacial score (nSPS) is 13.6. The molecule has 0 radical (unpaired) electrons. The van der Waals surface area contributed by atoms with Crippen LogP contribution in [0.1, 0.15) is 30.0 Å². The molecule has 132 valence electrons. The lowest BCUT2D eigenvalue weighted by Crippen LogP contribution is -2.49. The molecule has 0 fully saturated rings. The van der Waals surface area contributed by atoms with Gasteiger partial charge >= 0.3 is 0 Å². The van der Waals surface area contributed by atoms with Gasteiger partial charge in [0.15, 0.2) is 11.5 Å². The summed E-state index contributed by atoms with van der Waals surface area (Å²) in [5.74, 6) is 1.10. The molecular weight excluding hydrogens is 324 g/mol. The van der Waals surface area contributed by atoms with Crippen LogP contribution in [0.3, 0.4) is 0 Å². The van der Waals surface area contributed by atoms with Crippen LogP contribution in [0, 0.1) is 5.92 Å². The Morgan fingerprint density at radius 2 is 1.96 bits per heavy atom. The van der Waals surface area contributed by atoms with Crippen molar-refractivity contribution >= 4 is 11.8 Å². The predicted molar refractivity (Wildman–Crippen MR) is 89.2 cm³/mol. The van der Waals surface area contributed by atoms with E-state index in [0.717, 1.165) is 0 Å². The van der Waals surface area contributed by atoms with Crippen LogP contribution in [0.15, 0.2) is 41.0 Å². The molecule has 0 aliphatic carbocycles. The first kappa shape index (κ1) is 16.9. The van der Waals surface area contributed by atoms with Crippen molar-refractivity contribution < 1.29 is 23.5 Å². The van der Waals surface area contributed by atoms with Gasteiger partial charge in [-0.05, 0) is 36.2 Å². The Morgan fingerprint density at radius 1 is 1.16 bits per heavy atom. The number of hydrogen-bond donors (Lipinski definition) is 2. The van der Waals surface area contributed by atoms with Crippen molar-refractivity contribution in [2.75, 3.05) is 6.79 Å². The Kier molecular flexibility index (Phi) is 4.92. The maximum atomic E-state index is 12.5. The molecule has 3 rings (SSSR count). The van der Waals surface area contributed by atoms with Gasteiger partial charge in [0, 0.05) is 5.56 Å². The van der Waals surface area contributed by atoms with E-state index in [4.69, 9.17) is 13.9 Å². The average molecular weight is 344 g/mol. The molecule has 1 aromatic heterocycles. The molecule has 1 aliphatic heterocycles. The molecule has 0 bridgehead atoms. The summed E-state index contributed by atoms with van der Waals surface area (Å²) in [5.41, 5.74) is 0.411. The first-order valence-electron chi connectivity index (χ1n) is 8.05. The fourth-order valence-corrected chi connectivity index (χ4v) is 2.49. The minimum Gasteiger partial charge on any atom is -0.467 e. The van der Waals surface area contributed by atoms with Gasteiger partial charge in [0.2, 0.25) is 12.7 Å². The molecule has 1 aliphatic rings. The molecule has 0 saturated heterocycles.